The number of pyridine rings is 2. The summed E-state index contributed by atoms with van der Waals surface area (Å²) in [5.74, 6) is 0.419. The van der Waals surface area contributed by atoms with Gasteiger partial charge in [-0.2, -0.15) is 13.2 Å². The molecule has 5 rings (SSSR count). The van der Waals surface area contributed by atoms with Crippen molar-refractivity contribution in [3.63, 3.8) is 0 Å². The van der Waals surface area contributed by atoms with Crippen molar-refractivity contribution in [3.8, 4) is 0 Å². The number of fused-ring (bicyclic) bond motifs is 1. The molecule has 2 aromatic heterocycles. The molecule has 0 amide bonds. The Kier molecular flexibility index (Phi) is 6.74. The molecule has 1 aromatic carbocycles. The Balaban J connectivity index is 1.41. The van der Waals surface area contributed by atoms with Crippen LogP contribution in [-0.2, 0) is 22.9 Å². The first-order valence-corrected chi connectivity index (χ1v) is 12.7. The number of ether oxygens (including phenoxy) is 1. The Labute approximate surface area is 220 Å². The molecule has 1 unspecified atom stereocenters. The fourth-order valence-electron chi connectivity index (χ4n) is 4.63. The number of alkyl halides is 3. The van der Waals surface area contributed by atoms with Gasteiger partial charge < -0.3 is 15.2 Å². The molecule has 2 N–H and O–H groups in total. The molecule has 2 aliphatic rings. The maximum absolute atomic E-state index is 13.1. The van der Waals surface area contributed by atoms with E-state index in [1.54, 1.807) is 30.5 Å². The van der Waals surface area contributed by atoms with Gasteiger partial charge in [0.1, 0.15) is 22.3 Å². The smallest absolute Gasteiger partial charge is 0.416 e. The highest BCUT2D eigenvalue weighted by Crippen LogP contribution is 2.44. The van der Waals surface area contributed by atoms with Crippen molar-refractivity contribution in [2.75, 3.05) is 18.2 Å². The minimum absolute atomic E-state index is 0.0321. The average molecular weight is 541 g/mol. The summed E-state index contributed by atoms with van der Waals surface area (Å²) in [5.41, 5.74) is 2.00. The van der Waals surface area contributed by atoms with Crippen molar-refractivity contribution in [1.82, 2.24) is 9.97 Å². The first kappa shape index (κ1) is 25.9. The van der Waals surface area contributed by atoms with E-state index < -0.39 is 23.3 Å². The van der Waals surface area contributed by atoms with Crippen molar-refractivity contribution in [2.24, 2.45) is 4.99 Å². The van der Waals surface area contributed by atoms with Gasteiger partial charge in [-0.3, -0.25) is 4.99 Å². The molecule has 11 heteroatoms. The summed E-state index contributed by atoms with van der Waals surface area (Å²) in [6.07, 6.45) is -0.814. The van der Waals surface area contributed by atoms with Crippen LogP contribution in [0, 0.1) is 6.92 Å². The van der Waals surface area contributed by atoms with Crippen LogP contribution in [0.4, 0.5) is 24.8 Å². The summed E-state index contributed by atoms with van der Waals surface area (Å²) in [6.45, 7) is 1.86. The number of nitrogens with zero attached hydrogens (tertiary/aromatic N) is 3. The lowest BCUT2D eigenvalue weighted by Crippen LogP contribution is -2.32. The van der Waals surface area contributed by atoms with Crippen LogP contribution >= 0.6 is 11.8 Å². The summed E-state index contributed by atoms with van der Waals surface area (Å²) in [5, 5.41) is 15.0. The molecule has 0 bridgehead atoms. The van der Waals surface area contributed by atoms with Crippen LogP contribution in [0.15, 0.2) is 59.9 Å². The van der Waals surface area contributed by atoms with Gasteiger partial charge in [-0.25, -0.2) is 14.8 Å². The number of aliphatic imine (C=N–C) groups is 1. The summed E-state index contributed by atoms with van der Waals surface area (Å²) in [7, 11) is 1.33. The van der Waals surface area contributed by atoms with Gasteiger partial charge in [0, 0.05) is 23.7 Å². The maximum Gasteiger partial charge on any atom is 0.416 e. The highest BCUT2D eigenvalue weighted by molar-refractivity contribution is 8.14. The predicted octanol–water partition coefficient (Wildman–Crippen LogP) is 5.65. The van der Waals surface area contributed by atoms with Crippen LogP contribution in [0.5, 0.6) is 0 Å². The zero-order chi connectivity index (χ0) is 27.1. The van der Waals surface area contributed by atoms with Gasteiger partial charge in [-0.15, -0.1) is 11.8 Å². The number of esters is 1. The first-order chi connectivity index (χ1) is 18.1. The molecule has 38 heavy (non-hydrogen) atoms. The van der Waals surface area contributed by atoms with Crippen LogP contribution in [0.3, 0.4) is 0 Å². The third-order valence-electron chi connectivity index (χ3n) is 6.46. The number of halogens is 3. The largest absolute Gasteiger partial charge is 0.465 e. The van der Waals surface area contributed by atoms with Gasteiger partial charge >= 0.3 is 12.1 Å². The Hall–Kier alpha value is -3.70. The van der Waals surface area contributed by atoms with Crippen molar-refractivity contribution in [2.45, 2.75) is 31.5 Å². The number of hydrogen-bond acceptors (Lipinski definition) is 8. The third-order valence-corrected chi connectivity index (χ3v) is 7.63. The molecule has 196 valence electrons. The monoisotopic (exact) mass is 540 g/mol. The second-order valence-electron chi connectivity index (χ2n) is 9.03. The number of aryl methyl sites for hydroxylation is 1. The molecule has 1 aliphatic heterocycles. The van der Waals surface area contributed by atoms with E-state index in [4.69, 9.17) is 4.74 Å². The third kappa shape index (κ3) is 4.91. The molecule has 0 saturated heterocycles. The van der Waals surface area contributed by atoms with Gasteiger partial charge in [0.15, 0.2) is 0 Å². The molecule has 0 fully saturated rings. The van der Waals surface area contributed by atoms with Crippen molar-refractivity contribution < 1.29 is 27.8 Å². The Morgan fingerprint density at radius 1 is 1.18 bits per heavy atom. The second kappa shape index (κ2) is 9.88. The van der Waals surface area contributed by atoms with Crippen molar-refractivity contribution in [1.29, 1.82) is 0 Å². The molecule has 1 atom stereocenters. The van der Waals surface area contributed by atoms with E-state index in [2.05, 4.69) is 20.3 Å². The molecule has 0 radical (unpaired) electrons. The predicted molar refractivity (Wildman–Crippen MR) is 139 cm³/mol. The molecule has 3 aromatic rings. The van der Waals surface area contributed by atoms with Crippen LogP contribution in [0.25, 0.3) is 5.57 Å². The van der Waals surface area contributed by atoms with Crippen LogP contribution in [0.2, 0.25) is 0 Å². The van der Waals surface area contributed by atoms with Gasteiger partial charge in [-0.05, 0) is 66.8 Å². The first-order valence-electron chi connectivity index (χ1n) is 11.7. The normalized spacial score (nSPS) is 18.9. The molecule has 1 aliphatic carbocycles. The fourth-order valence-corrected chi connectivity index (χ4v) is 5.73. The van der Waals surface area contributed by atoms with Crippen LogP contribution in [0.1, 0.15) is 44.7 Å². The minimum Gasteiger partial charge on any atom is -0.465 e. The summed E-state index contributed by atoms with van der Waals surface area (Å²) in [4.78, 5) is 25.3. The summed E-state index contributed by atoms with van der Waals surface area (Å²) < 4.78 is 44.1. The number of benzene rings is 1. The summed E-state index contributed by atoms with van der Waals surface area (Å²) in [6, 6.07) is 10.6. The quantitative estimate of drug-likeness (QED) is 0.404. The maximum atomic E-state index is 13.1. The molecule has 7 nitrogen and oxygen atoms in total. The lowest BCUT2D eigenvalue weighted by atomic mass is 9.95. The van der Waals surface area contributed by atoms with E-state index in [9.17, 15) is 23.1 Å². The van der Waals surface area contributed by atoms with Crippen molar-refractivity contribution in [3.05, 3.63) is 88.4 Å². The number of hydrogen-bond donors (Lipinski definition) is 2. The zero-order valence-electron chi connectivity index (χ0n) is 20.5. The van der Waals surface area contributed by atoms with E-state index in [1.165, 1.54) is 18.9 Å². The Morgan fingerprint density at radius 2 is 2.00 bits per heavy atom. The number of rotatable bonds is 5. The van der Waals surface area contributed by atoms with E-state index in [1.807, 2.05) is 13.0 Å². The second-order valence-corrected chi connectivity index (χ2v) is 9.99. The molecule has 3 heterocycles. The molecular weight excluding hydrogens is 517 g/mol. The van der Waals surface area contributed by atoms with Gasteiger partial charge in [-0.1, -0.05) is 12.1 Å². The van der Waals surface area contributed by atoms with Gasteiger partial charge in [0.2, 0.25) is 0 Å². The Bertz CT molecular complexity index is 1490. The highest BCUT2D eigenvalue weighted by Gasteiger charge is 2.43. The topological polar surface area (TPSA) is 96.7 Å². The summed E-state index contributed by atoms with van der Waals surface area (Å²) >= 11 is 1.38. The number of anilines is 2. The van der Waals surface area contributed by atoms with E-state index in [-0.39, 0.29) is 5.82 Å². The SMILES string of the molecule is COC(=O)c1cccc2c1CCC2(O)C1=NC=C(c2cc(C)cc(Nc3cc(C(F)(F)F)ccn3)n2)CS1. The van der Waals surface area contributed by atoms with E-state index in [0.29, 0.717) is 46.3 Å². The van der Waals surface area contributed by atoms with Gasteiger partial charge in [0.25, 0.3) is 0 Å². The number of carbonyl (C=O) groups excluding carboxylic acids is 1. The molecular formula is C27H23F3N4O3S. The van der Waals surface area contributed by atoms with Crippen LogP contribution in [-0.4, -0.2) is 39.0 Å². The Morgan fingerprint density at radius 3 is 2.71 bits per heavy atom. The van der Waals surface area contributed by atoms with Crippen molar-refractivity contribution >= 4 is 40.0 Å². The van der Waals surface area contributed by atoms with E-state index >= 15 is 0 Å². The zero-order valence-corrected chi connectivity index (χ0v) is 21.3. The minimum atomic E-state index is -4.48. The average Bonchev–Trinajstić information content (AvgIpc) is 3.25. The standard InChI is InChI=1S/C27H23F3N4O3S/c1-15-10-21(33-23(11-15)34-22-12-17(7-9-31-22)27(28,29)30)16-13-32-25(38-14-16)26(36)8-6-18-19(24(35)37-2)4-3-5-20(18)26/h3-5,7,9-13,36H,6,8,14H2,1-2H3,(H,31,33,34). The number of aliphatic hydroxyl groups is 1. The lowest BCUT2D eigenvalue weighted by Gasteiger charge is -2.27. The number of carbonyl (C=O) groups is 1. The lowest BCUT2D eigenvalue weighted by molar-refractivity contribution is -0.137. The highest BCUT2D eigenvalue weighted by atomic mass is 32.2. The fraction of sp³-hybridized carbons (Fsp3) is 0.259. The number of nitrogens with one attached hydrogen (secondary N) is 1. The van der Waals surface area contributed by atoms with Gasteiger partial charge in [0.05, 0.1) is 23.9 Å². The number of methoxy groups -OCH3 is 1. The number of thioether (sulfide) groups is 1. The molecule has 0 spiro atoms. The molecule has 0 saturated carbocycles. The van der Waals surface area contributed by atoms with E-state index in [0.717, 1.165) is 35.0 Å². The van der Waals surface area contributed by atoms with Crippen LogP contribution < -0.4 is 5.32 Å². The number of aromatic nitrogens is 2.